The average Bonchev–Trinajstić information content (AvgIpc) is 3.19. The molecule has 3 aromatic rings. The molecule has 0 amide bonds. The number of rotatable bonds is 1. The van der Waals surface area contributed by atoms with Gasteiger partial charge in [0.2, 0.25) is 11.7 Å². The molecule has 0 fully saturated rings. The van der Waals surface area contributed by atoms with Crippen molar-refractivity contribution in [2.24, 2.45) is 16.1 Å². The summed E-state index contributed by atoms with van der Waals surface area (Å²) >= 11 is 0. The van der Waals surface area contributed by atoms with Gasteiger partial charge in [0, 0.05) is 18.0 Å². The van der Waals surface area contributed by atoms with Crippen molar-refractivity contribution in [3.05, 3.63) is 82.7 Å². The molecule has 2 heterocycles. The van der Waals surface area contributed by atoms with Gasteiger partial charge < -0.3 is 5.73 Å². The van der Waals surface area contributed by atoms with Gasteiger partial charge in [-0.1, -0.05) is 24.3 Å². The summed E-state index contributed by atoms with van der Waals surface area (Å²) in [5, 5.41) is 19.2. The van der Waals surface area contributed by atoms with Crippen molar-refractivity contribution in [2.45, 2.75) is 37.8 Å². The molecule has 2 aliphatic carbocycles. The quantitative estimate of drug-likeness (QED) is 0.627. The SMILES string of the molecule is CN1OC2(N=C1N)c1cc(-c3cccc(C#N)c3)ccc1CC21CCc2cnncc2CC1. The summed E-state index contributed by atoms with van der Waals surface area (Å²) in [6.07, 6.45) is 8.31. The van der Waals surface area contributed by atoms with E-state index in [1.165, 1.54) is 16.7 Å². The van der Waals surface area contributed by atoms with Gasteiger partial charge in [-0.05, 0) is 78.1 Å². The monoisotopic (exact) mass is 436 g/mol. The van der Waals surface area contributed by atoms with Crippen LogP contribution >= 0.6 is 0 Å². The fourth-order valence-corrected chi connectivity index (χ4v) is 5.80. The van der Waals surface area contributed by atoms with Crippen LogP contribution in [0.4, 0.5) is 0 Å². The highest BCUT2D eigenvalue weighted by atomic mass is 16.7. The number of hydrogen-bond acceptors (Lipinski definition) is 7. The molecule has 1 unspecified atom stereocenters. The minimum atomic E-state index is -0.868. The average molecular weight is 437 g/mol. The van der Waals surface area contributed by atoms with Crippen LogP contribution in [0.1, 0.15) is 40.7 Å². The highest BCUT2D eigenvalue weighted by Gasteiger charge is 2.62. The summed E-state index contributed by atoms with van der Waals surface area (Å²) in [5.41, 5.74) is 12.7. The first kappa shape index (κ1) is 19.9. The molecule has 0 radical (unpaired) electrons. The fourth-order valence-electron chi connectivity index (χ4n) is 5.80. The maximum Gasteiger partial charge on any atom is 0.220 e. The van der Waals surface area contributed by atoms with Crippen LogP contribution in [0.3, 0.4) is 0 Å². The topological polar surface area (TPSA) is 100 Å². The Bertz CT molecular complexity index is 1320. The van der Waals surface area contributed by atoms with E-state index >= 15 is 0 Å². The van der Waals surface area contributed by atoms with Crippen molar-refractivity contribution < 1.29 is 4.84 Å². The highest BCUT2D eigenvalue weighted by Crippen LogP contribution is 2.61. The number of aliphatic imine (C=N–C) groups is 1. The second kappa shape index (κ2) is 7.12. The van der Waals surface area contributed by atoms with Crippen LogP contribution in [0.15, 0.2) is 59.9 Å². The van der Waals surface area contributed by atoms with Crippen molar-refractivity contribution >= 4 is 5.96 Å². The fraction of sp³-hybridized carbons (Fsp3) is 0.308. The minimum absolute atomic E-state index is 0.225. The van der Waals surface area contributed by atoms with Gasteiger partial charge in [-0.2, -0.15) is 15.5 Å². The van der Waals surface area contributed by atoms with E-state index < -0.39 is 5.72 Å². The molecule has 2 spiro atoms. The first-order valence-electron chi connectivity index (χ1n) is 11.2. The van der Waals surface area contributed by atoms with Gasteiger partial charge in [0.25, 0.3) is 0 Å². The molecule has 0 saturated heterocycles. The number of hydroxylamine groups is 2. The molecule has 2 N–H and O–H groups in total. The molecule has 1 aromatic heterocycles. The molecular weight excluding hydrogens is 412 g/mol. The predicted octanol–water partition coefficient (Wildman–Crippen LogP) is 3.48. The predicted molar refractivity (Wildman–Crippen MR) is 124 cm³/mol. The molecule has 7 nitrogen and oxygen atoms in total. The number of nitrogens with two attached hydrogens (primary N) is 1. The van der Waals surface area contributed by atoms with Crippen molar-refractivity contribution in [2.75, 3.05) is 7.05 Å². The van der Waals surface area contributed by atoms with Crippen molar-refractivity contribution in [1.82, 2.24) is 15.3 Å². The van der Waals surface area contributed by atoms with E-state index in [0.717, 1.165) is 48.8 Å². The standard InChI is InChI=1S/C26H24N6O/c1-32-24(28)31-26(33-32)23-12-19(18-4-2-3-17(11-18)14-27)5-6-20(23)13-25(26)9-7-21-15-29-30-16-22(21)8-10-25/h2-6,11-12,15-16H,7-10,13H2,1H3,(H2,28,31). The Balaban J connectivity index is 1.48. The molecule has 6 rings (SSSR count). The van der Waals surface area contributed by atoms with Gasteiger partial charge in [0.1, 0.15) is 0 Å². The second-order valence-corrected chi connectivity index (χ2v) is 9.26. The number of hydrogen-bond donors (Lipinski definition) is 1. The molecule has 2 aromatic carbocycles. The van der Waals surface area contributed by atoms with Crippen LogP contribution < -0.4 is 5.73 Å². The van der Waals surface area contributed by atoms with E-state index in [0.29, 0.717) is 11.5 Å². The maximum absolute atomic E-state index is 9.34. The Morgan fingerprint density at radius 3 is 2.39 bits per heavy atom. The van der Waals surface area contributed by atoms with E-state index in [4.69, 9.17) is 15.6 Å². The molecule has 33 heavy (non-hydrogen) atoms. The van der Waals surface area contributed by atoms with Crippen molar-refractivity contribution in [3.8, 4) is 17.2 Å². The number of fused-ring (bicyclic) bond motifs is 4. The summed E-state index contributed by atoms with van der Waals surface area (Å²) in [4.78, 5) is 11.6. The molecule has 1 aliphatic heterocycles. The van der Waals surface area contributed by atoms with Gasteiger partial charge in [-0.15, -0.1) is 0 Å². The van der Waals surface area contributed by atoms with Crippen LogP contribution in [0.25, 0.3) is 11.1 Å². The van der Waals surface area contributed by atoms with E-state index in [2.05, 4.69) is 34.5 Å². The van der Waals surface area contributed by atoms with Crippen LogP contribution in [-0.2, 0) is 29.8 Å². The van der Waals surface area contributed by atoms with Gasteiger partial charge in [-0.3, -0.25) is 0 Å². The van der Waals surface area contributed by atoms with E-state index in [1.807, 2.05) is 43.7 Å². The largest absolute Gasteiger partial charge is 0.368 e. The first-order chi connectivity index (χ1) is 16.0. The van der Waals surface area contributed by atoms with E-state index in [9.17, 15) is 5.26 Å². The van der Waals surface area contributed by atoms with Crippen LogP contribution in [-0.4, -0.2) is 28.3 Å². The van der Waals surface area contributed by atoms with Gasteiger partial charge in [0.05, 0.1) is 24.0 Å². The normalized spacial score (nSPS) is 22.5. The summed E-state index contributed by atoms with van der Waals surface area (Å²) in [6.45, 7) is 0. The number of aryl methyl sites for hydroxylation is 2. The van der Waals surface area contributed by atoms with Crippen LogP contribution in [0.5, 0.6) is 0 Å². The second-order valence-electron chi connectivity index (χ2n) is 9.26. The molecule has 0 bridgehead atoms. The third kappa shape index (κ3) is 2.87. The summed E-state index contributed by atoms with van der Waals surface area (Å²) in [5.74, 6) is 0.393. The zero-order valence-electron chi connectivity index (χ0n) is 18.5. The smallest absolute Gasteiger partial charge is 0.220 e. The molecule has 0 saturated carbocycles. The lowest BCUT2D eigenvalue weighted by molar-refractivity contribution is -0.224. The minimum Gasteiger partial charge on any atom is -0.368 e. The third-order valence-electron chi connectivity index (χ3n) is 7.56. The molecule has 3 aliphatic rings. The summed E-state index contributed by atoms with van der Waals surface area (Å²) < 4.78 is 0. The maximum atomic E-state index is 9.34. The number of nitrogens with zero attached hydrogens (tertiary/aromatic N) is 5. The third-order valence-corrected chi connectivity index (χ3v) is 7.56. The Labute approximate surface area is 192 Å². The number of guanidine groups is 1. The number of benzene rings is 2. The van der Waals surface area contributed by atoms with Gasteiger partial charge >= 0.3 is 0 Å². The Morgan fingerprint density at radius 2 is 1.73 bits per heavy atom. The van der Waals surface area contributed by atoms with Crippen molar-refractivity contribution in [1.29, 1.82) is 5.26 Å². The summed E-state index contributed by atoms with van der Waals surface area (Å²) in [7, 11) is 1.82. The first-order valence-corrected chi connectivity index (χ1v) is 11.2. The Morgan fingerprint density at radius 1 is 1.00 bits per heavy atom. The van der Waals surface area contributed by atoms with E-state index in [-0.39, 0.29) is 5.41 Å². The van der Waals surface area contributed by atoms with Crippen LogP contribution in [0, 0.1) is 16.7 Å². The highest BCUT2D eigenvalue weighted by molar-refractivity contribution is 5.79. The molecular formula is C26H24N6O. The molecule has 164 valence electrons. The Kier molecular flexibility index (Phi) is 4.29. The van der Waals surface area contributed by atoms with Crippen LogP contribution in [0.2, 0.25) is 0 Å². The zero-order valence-corrected chi connectivity index (χ0v) is 18.5. The number of aromatic nitrogens is 2. The Hall–Kier alpha value is -3.76. The number of nitriles is 1. The zero-order chi connectivity index (χ0) is 22.6. The van der Waals surface area contributed by atoms with Gasteiger partial charge in [-0.25, -0.2) is 14.9 Å². The van der Waals surface area contributed by atoms with Crippen molar-refractivity contribution in [3.63, 3.8) is 0 Å². The van der Waals surface area contributed by atoms with E-state index in [1.54, 1.807) is 5.06 Å². The molecule has 1 atom stereocenters. The lowest BCUT2D eigenvalue weighted by atomic mass is 9.71. The summed E-state index contributed by atoms with van der Waals surface area (Å²) in [6, 6.07) is 16.4. The van der Waals surface area contributed by atoms with Gasteiger partial charge in [0.15, 0.2) is 0 Å². The lowest BCUT2D eigenvalue weighted by Crippen LogP contribution is -2.43. The molecule has 7 heteroatoms. The lowest BCUT2D eigenvalue weighted by Gasteiger charge is -2.40.